The fourth-order valence-corrected chi connectivity index (χ4v) is 4.22. The molecule has 0 aliphatic carbocycles. The van der Waals surface area contributed by atoms with Gasteiger partial charge in [-0.25, -0.2) is 4.39 Å². The largest absolute Gasteiger partial charge is 0.496 e. The third-order valence-electron chi connectivity index (χ3n) is 5.80. The van der Waals surface area contributed by atoms with Gasteiger partial charge in [0.2, 0.25) is 0 Å². The number of rotatable bonds is 7. The second-order valence-electron chi connectivity index (χ2n) is 7.59. The van der Waals surface area contributed by atoms with E-state index in [1.165, 1.54) is 30.5 Å². The van der Waals surface area contributed by atoms with Gasteiger partial charge in [-0.15, -0.1) is 0 Å². The average Bonchev–Trinajstić information content (AvgIpc) is 3.15. The minimum atomic E-state index is -0.279. The van der Waals surface area contributed by atoms with Crippen molar-refractivity contribution in [1.29, 1.82) is 0 Å². The van der Waals surface area contributed by atoms with Gasteiger partial charge in [0.05, 0.1) is 12.8 Å². The molecule has 5 heteroatoms. The number of likely N-dealkylation sites (tertiary alicyclic amines) is 1. The van der Waals surface area contributed by atoms with Gasteiger partial charge in [-0.1, -0.05) is 23.4 Å². The summed E-state index contributed by atoms with van der Waals surface area (Å²) in [5, 5.41) is 5.19. The quantitative estimate of drug-likeness (QED) is 0.528. The first-order chi connectivity index (χ1) is 13.7. The van der Waals surface area contributed by atoms with Crippen LogP contribution in [0.5, 0.6) is 5.75 Å². The summed E-state index contributed by atoms with van der Waals surface area (Å²) in [4.78, 5) is 2.54. The van der Waals surface area contributed by atoms with Crippen LogP contribution in [0.2, 0.25) is 0 Å². The monoisotopic (exact) mass is 382 g/mol. The summed E-state index contributed by atoms with van der Waals surface area (Å²) in [6.07, 6.45) is 5.56. The standard InChI is InChI=1S/C23H27FN2O2/c1-27-21-8-3-2-6-17(21)7-4-5-13-26-14-11-18(12-15-26)23-20-10-9-19(24)16-22(20)28-25-23/h2-3,6,8-10,16,18H,4-5,7,11-15H2,1H3. The maximum Gasteiger partial charge on any atom is 0.170 e. The first kappa shape index (κ1) is 18.9. The van der Waals surface area contributed by atoms with Crippen LogP contribution in [0.25, 0.3) is 11.0 Å². The normalized spacial score (nSPS) is 15.9. The summed E-state index contributed by atoms with van der Waals surface area (Å²) in [6, 6.07) is 13.0. The van der Waals surface area contributed by atoms with Gasteiger partial charge in [-0.3, -0.25) is 0 Å². The number of aryl methyl sites for hydroxylation is 1. The Kier molecular flexibility index (Phi) is 5.91. The summed E-state index contributed by atoms with van der Waals surface area (Å²) in [5.74, 6) is 1.11. The second-order valence-corrected chi connectivity index (χ2v) is 7.59. The van der Waals surface area contributed by atoms with E-state index in [1.807, 2.05) is 12.1 Å². The molecule has 4 nitrogen and oxygen atoms in total. The number of methoxy groups -OCH3 is 1. The average molecular weight is 382 g/mol. The lowest BCUT2D eigenvalue weighted by Gasteiger charge is -2.31. The van der Waals surface area contributed by atoms with E-state index in [0.29, 0.717) is 11.5 Å². The van der Waals surface area contributed by atoms with Crippen molar-refractivity contribution in [2.75, 3.05) is 26.7 Å². The molecule has 4 rings (SSSR count). The zero-order valence-electron chi connectivity index (χ0n) is 16.4. The van der Waals surface area contributed by atoms with E-state index < -0.39 is 0 Å². The predicted molar refractivity (Wildman–Crippen MR) is 108 cm³/mol. The Hall–Kier alpha value is -2.40. The maximum atomic E-state index is 13.3. The number of halogens is 1. The molecule has 1 aromatic heterocycles. The molecular formula is C23H27FN2O2. The first-order valence-electron chi connectivity index (χ1n) is 10.1. The van der Waals surface area contributed by atoms with E-state index in [4.69, 9.17) is 9.26 Å². The molecule has 0 spiro atoms. The van der Waals surface area contributed by atoms with E-state index in [1.54, 1.807) is 13.2 Å². The summed E-state index contributed by atoms with van der Waals surface area (Å²) >= 11 is 0. The third kappa shape index (κ3) is 4.20. The highest BCUT2D eigenvalue weighted by Crippen LogP contribution is 2.32. The minimum Gasteiger partial charge on any atom is -0.496 e. The van der Waals surface area contributed by atoms with Crippen molar-refractivity contribution < 1.29 is 13.7 Å². The van der Waals surface area contributed by atoms with E-state index in [-0.39, 0.29) is 5.82 Å². The fourth-order valence-electron chi connectivity index (χ4n) is 4.22. The minimum absolute atomic E-state index is 0.279. The molecule has 1 saturated heterocycles. The molecule has 1 aliphatic rings. The van der Waals surface area contributed by atoms with Crippen LogP contribution in [0.4, 0.5) is 4.39 Å². The van der Waals surface area contributed by atoms with Crippen LogP contribution in [0.3, 0.4) is 0 Å². The number of unbranched alkanes of at least 4 members (excludes halogenated alkanes) is 1. The highest BCUT2D eigenvalue weighted by Gasteiger charge is 2.24. The lowest BCUT2D eigenvalue weighted by atomic mass is 9.91. The van der Waals surface area contributed by atoms with Crippen molar-refractivity contribution in [2.24, 2.45) is 0 Å². The molecule has 0 unspecified atom stereocenters. The number of benzene rings is 2. The highest BCUT2D eigenvalue weighted by atomic mass is 19.1. The molecule has 0 amide bonds. The van der Waals surface area contributed by atoms with Gasteiger partial charge in [0.25, 0.3) is 0 Å². The molecule has 2 heterocycles. The number of fused-ring (bicyclic) bond motifs is 1. The Morgan fingerprint density at radius 1 is 1.14 bits per heavy atom. The summed E-state index contributed by atoms with van der Waals surface area (Å²) in [5.41, 5.74) is 2.83. The molecule has 1 fully saturated rings. The number of hydrogen-bond acceptors (Lipinski definition) is 4. The van der Waals surface area contributed by atoms with Crippen molar-refractivity contribution in [3.05, 3.63) is 59.5 Å². The SMILES string of the molecule is COc1ccccc1CCCCN1CCC(c2noc3cc(F)ccc23)CC1. The molecule has 0 N–H and O–H groups in total. The number of hydrogen-bond donors (Lipinski definition) is 0. The molecule has 0 bridgehead atoms. The lowest BCUT2D eigenvalue weighted by molar-refractivity contribution is 0.206. The van der Waals surface area contributed by atoms with Gasteiger partial charge < -0.3 is 14.2 Å². The van der Waals surface area contributed by atoms with Crippen molar-refractivity contribution in [1.82, 2.24) is 10.1 Å². The number of ether oxygens (including phenoxy) is 1. The molecule has 1 aliphatic heterocycles. The first-order valence-corrected chi connectivity index (χ1v) is 10.1. The maximum absolute atomic E-state index is 13.3. The Morgan fingerprint density at radius 3 is 2.79 bits per heavy atom. The van der Waals surface area contributed by atoms with E-state index in [2.05, 4.69) is 22.2 Å². The van der Waals surface area contributed by atoms with Gasteiger partial charge in [-0.2, -0.15) is 0 Å². The lowest BCUT2D eigenvalue weighted by Crippen LogP contribution is -2.33. The van der Waals surface area contributed by atoms with Gasteiger partial charge in [-0.05, 0) is 75.5 Å². The zero-order valence-corrected chi connectivity index (χ0v) is 16.4. The van der Waals surface area contributed by atoms with Crippen LogP contribution in [0.15, 0.2) is 47.0 Å². The molecule has 0 atom stereocenters. The van der Waals surface area contributed by atoms with Gasteiger partial charge in [0.1, 0.15) is 11.6 Å². The van der Waals surface area contributed by atoms with Crippen molar-refractivity contribution in [3.8, 4) is 5.75 Å². The topological polar surface area (TPSA) is 38.5 Å². The number of aromatic nitrogens is 1. The van der Waals surface area contributed by atoms with Crippen molar-refractivity contribution >= 4 is 11.0 Å². The van der Waals surface area contributed by atoms with E-state index in [9.17, 15) is 4.39 Å². The highest BCUT2D eigenvalue weighted by molar-refractivity contribution is 5.79. The molecule has 28 heavy (non-hydrogen) atoms. The van der Waals surface area contributed by atoms with Crippen molar-refractivity contribution in [2.45, 2.75) is 38.0 Å². The fraction of sp³-hybridized carbons (Fsp3) is 0.435. The van der Waals surface area contributed by atoms with Crippen LogP contribution >= 0.6 is 0 Å². The smallest absolute Gasteiger partial charge is 0.170 e. The van der Waals surface area contributed by atoms with Gasteiger partial charge in [0.15, 0.2) is 5.58 Å². The molecule has 0 saturated carbocycles. The predicted octanol–water partition coefficient (Wildman–Crippen LogP) is 5.18. The van der Waals surface area contributed by atoms with Crippen LogP contribution in [0.1, 0.15) is 42.9 Å². The van der Waals surface area contributed by atoms with Crippen molar-refractivity contribution in [3.63, 3.8) is 0 Å². The molecule has 2 aromatic carbocycles. The number of piperidine rings is 1. The van der Waals surface area contributed by atoms with E-state index >= 15 is 0 Å². The van der Waals surface area contributed by atoms with Gasteiger partial charge in [0, 0.05) is 17.4 Å². The summed E-state index contributed by atoms with van der Waals surface area (Å²) < 4.78 is 24.1. The Bertz CT molecular complexity index is 916. The second kappa shape index (κ2) is 8.74. The van der Waals surface area contributed by atoms with Gasteiger partial charge >= 0.3 is 0 Å². The summed E-state index contributed by atoms with van der Waals surface area (Å²) in [7, 11) is 1.73. The molecule has 3 aromatic rings. The van der Waals surface area contributed by atoms with Crippen LogP contribution in [-0.2, 0) is 6.42 Å². The Morgan fingerprint density at radius 2 is 1.96 bits per heavy atom. The van der Waals surface area contributed by atoms with Crippen LogP contribution < -0.4 is 4.74 Å². The van der Waals surface area contributed by atoms with Crippen LogP contribution in [0, 0.1) is 5.82 Å². The molecule has 148 valence electrons. The van der Waals surface area contributed by atoms with Crippen LogP contribution in [-0.4, -0.2) is 36.8 Å². The third-order valence-corrected chi connectivity index (χ3v) is 5.80. The molecule has 0 radical (unpaired) electrons. The molecular weight excluding hydrogens is 355 g/mol. The summed E-state index contributed by atoms with van der Waals surface area (Å²) in [6.45, 7) is 3.29. The number of nitrogens with zero attached hydrogens (tertiary/aromatic N) is 2. The van der Waals surface area contributed by atoms with E-state index in [0.717, 1.165) is 55.7 Å². The Balaban J connectivity index is 1.24. The Labute approximate surface area is 165 Å². The zero-order chi connectivity index (χ0) is 19.3. The number of para-hydroxylation sites is 1.